The minimum atomic E-state index is -0.307. The maximum Gasteiger partial charge on any atom is 0.168 e. The summed E-state index contributed by atoms with van der Waals surface area (Å²) in [5.41, 5.74) is 1.41. The van der Waals surface area contributed by atoms with Crippen LogP contribution < -0.4 is 0 Å². The molecule has 0 heterocycles. The smallest absolute Gasteiger partial charge is 0.168 e. The largest absolute Gasteiger partial charge is 0.294 e. The molecule has 1 nitrogen and oxygen atoms in total. The average molecular weight is 260 g/mol. The predicted molar refractivity (Wildman–Crippen MR) is 72.7 cm³/mol. The molecular formula is C15H13FOS. The molecule has 2 rings (SSSR count). The molecule has 0 N–H and O–H groups in total. The number of rotatable bonds is 4. The average Bonchev–Trinajstić information content (AvgIpc) is 2.38. The highest BCUT2D eigenvalue weighted by molar-refractivity contribution is 7.98. The van der Waals surface area contributed by atoms with Crippen molar-refractivity contribution in [2.45, 2.75) is 11.3 Å². The molecule has 0 saturated heterocycles. The zero-order valence-corrected chi connectivity index (χ0v) is 10.8. The topological polar surface area (TPSA) is 17.1 Å². The third-order valence-electron chi connectivity index (χ3n) is 2.66. The van der Waals surface area contributed by atoms with Crippen molar-refractivity contribution in [1.82, 2.24) is 0 Å². The van der Waals surface area contributed by atoms with Gasteiger partial charge >= 0.3 is 0 Å². The molecule has 0 unspecified atom stereocenters. The van der Waals surface area contributed by atoms with Crippen LogP contribution in [0.4, 0.5) is 4.39 Å². The lowest BCUT2D eigenvalue weighted by Crippen LogP contribution is -2.05. The number of benzene rings is 2. The van der Waals surface area contributed by atoms with E-state index >= 15 is 0 Å². The van der Waals surface area contributed by atoms with Crippen molar-refractivity contribution in [2.75, 3.05) is 6.26 Å². The first-order valence-electron chi connectivity index (χ1n) is 5.61. The molecule has 2 aromatic carbocycles. The number of carbonyl (C=O) groups excluding carboxylic acids is 1. The molecule has 0 aliphatic carbocycles. The summed E-state index contributed by atoms with van der Waals surface area (Å²) in [4.78, 5) is 13.1. The summed E-state index contributed by atoms with van der Waals surface area (Å²) >= 11 is 1.54. The molecule has 0 aliphatic rings. The highest BCUT2D eigenvalue weighted by Crippen LogP contribution is 2.21. The number of carbonyl (C=O) groups is 1. The van der Waals surface area contributed by atoms with Crippen LogP contribution >= 0.6 is 11.8 Å². The lowest BCUT2D eigenvalue weighted by molar-refractivity contribution is 0.0990. The SMILES string of the molecule is CSc1ccccc1C(=O)Cc1cccc(F)c1. The number of hydrogen-bond donors (Lipinski definition) is 0. The fourth-order valence-electron chi connectivity index (χ4n) is 1.80. The Morgan fingerprint density at radius 1 is 1.17 bits per heavy atom. The van der Waals surface area contributed by atoms with Gasteiger partial charge in [-0.3, -0.25) is 4.79 Å². The first kappa shape index (κ1) is 12.8. The van der Waals surface area contributed by atoms with E-state index in [2.05, 4.69) is 0 Å². The van der Waals surface area contributed by atoms with Crippen LogP contribution in [0.25, 0.3) is 0 Å². The van der Waals surface area contributed by atoms with Gasteiger partial charge in [0.2, 0.25) is 0 Å². The highest BCUT2D eigenvalue weighted by atomic mass is 32.2. The minimum absolute atomic E-state index is 0.0190. The van der Waals surface area contributed by atoms with Crippen molar-refractivity contribution in [3.05, 3.63) is 65.5 Å². The van der Waals surface area contributed by atoms with Crippen LogP contribution in [0, 0.1) is 5.82 Å². The van der Waals surface area contributed by atoms with E-state index in [0.717, 1.165) is 4.90 Å². The van der Waals surface area contributed by atoms with E-state index in [-0.39, 0.29) is 18.0 Å². The Hall–Kier alpha value is -1.61. The Bertz CT molecular complexity index is 566. The van der Waals surface area contributed by atoms with Crippen LogP contribution in [0.1, 0.15) is 15.9 Å². The van der Waals surface area contributed by atoms with E-state index in [9.17, 15) is 9.18 Å². The van der Waals surface area contributed by atoms with Crippen LogP contribution in [0.5, 0.6) is 0 Å². The first-order valence-corrected chi connectivity index (χ1v) is 6.84. The Morgan fingerprint density at radius 2 is 1.94 bits per heavy atom. The molecule has 18 heavy (non-hydrogen) atoms. The summed E-state index contributed by atoms with van der Waals surface area (Å²) in [6.07, 6.45) is 2.17. The summed E-state index contributed by atoms with van der Waals surface area (Å²) in [5, 5.41) is 0. The molecular weight excluding hydrogens is 247 g/mol. The Balaban J connectivity index is 2.22. The van der Waals surface area contributed by atoms with E-state index in [4.69, 9.17) is 0 Å². The highest BCUT2D eigenvalue weighted by Gasteiger charge is 2.11. The summed E-state index contributed by atoms with van der Waals surface area (Å²) in [5.74, 6) is -0.288. The van der Waals surface area contributed by atoms with Gasteiger partial charge in [0, 0.05) is 16.9 Å². The number of halogens is 1. The van der Waals surface area contributed by atoms with E-state index in [1.165, 1.54) is 12.1 Å². The molecule has 0 spiro atoms. The van der Waals surface area contributed by atoms with Gasteiger partial charge in [-0.05, 0) is 30.0 Å². The molecule has 0 aliphatic heterocycles. The normalized spacial score (nSPS) is 10.3. The molecule has 92 valence electrons. The molecule has 0 bridgehead atoms. The second kappa shape index (κ2) is 5.83. The third-order valence-corrected chi connectivity index (χ3v) is 3.46. The lowest BCUT2D eigenvalue weighted by atomic mass is 10.0. The summed E-state index contributed by atoms with van der Waals surface area (Å²) in [7, 11) is 0. The minimum Gasteiger partial charge on any atom is -0.294 e. The molecule has 0 atom stereocenters. The molecule has 0 aromatic heterocycles. The van der Waals surface area contributed by atoms with Gasteiger partial charge < -0.3 is 0 Å². The van der Waals surface area contributed by atoms with Gasteiger partial charge in [-0.1, -0.05) is 30.3 Å². The fourth-order valence-corrected chi connectivity index (χ4v) is 2.42. The van der Waals surface area contributed by atoms with Crippen LogP contribution in [0.3, 0.4) is 0 Å². The summed E-state index contributed by atoms with van der Waals surface area (Å²) in [6.45, 7) is 0. The second-order valence-corrected chi connectivity index (χ2v) is 4.78. The van der Waals surface area contributed by atoms with Gasteiger partial charge in [0.05, 0.1) is 0 Å². The summed E-state index contributed by atoms with van der Waals surface area (Å²) < 4.78 is 13.1. The number of thioether (sulfide) groups is 1. The molecule has 2 aromatic rings. The Labute approximate surface area is 110 Å². The maximum absolute atomic E-state index is 13.1. The van der Waals surface area contributed by atoms with Crippen LogP contribution in [0.2, 0.25) is 0 Å². The lowest BCUT2D eigenvalue weighted by Gasteiger charge is -2.06. The van der Waals surface area contributed by atoms with Crippen molar-refractivity contribution in [2.24, 2.45) is 0 Å². The van der Waals surface area contributed by atoms with E-state index in [1.54, 1.807) is 23.9 Å². The van der Waals surface area contributed by atoms with Gasteiger partial charge in [-0.2, -0.15) is 0 Å². The van der Waals surface area contributed by atoms with E-state index in [0.29, 0.717) is 11.1 Å². The number of hydrogen-bond acceptors (Lipinski definition) is 2. The fraction of sp³-hybridized carbons (Fsp3) is 0.133. The van der Waals surface area contributed by atoms with Crippen LogP contribution in [0.15, 0.2) is 53.4 Å². The molecule has 0 saturated carbocycles. The first-order chi connectivity index (χ1) is 8.70. The molecule has 3 heteroatoms. The molecule has 0 amide bonds. The number of ketones is 1. The van der Waals surface area contributed by atoms with Gasteiger partial charge in [0.1, 0.15) is 5.82 Å². The maximum atomic E-state index is 13.1. The molecule has 0 fully saturated rings. The second-order valence-electron chi connectivity index (χ2n) is 3.93. The standard InChI is InChI=1S/C15H13FOS/c1-18-15-8-3-2-7-13(15)14(17)10-11-5-4-6-12(16)9-11/h2-9H,10H2,1H3. The molecule has 0 radical (unpaired) electrons. The van der Waals surface area contributed by atoms with Gasteiger partial charge in [-0.15, -0.1) is 11.8 Å². The van der Waals surface area contributed by atoms with Crippen molar-refractivity contribution in [3.63, 3.8) is 0 Å². The van der Waals surface area contributed by atoms with Crippen molar-refractivity contribution >= 4 is 17.5 Å². The van der Waals surface area contributed by atoms with Crippen molar-refractivity contribution < 1.29 is 9.18 Å². The van der Waals surface area contributed by atoms with Gasteiger partial charge in [0.15, 0.2) is 5.78 Å². The monoisotopic (exact) mass is 260 g/mol. The zero-order valence-electron chi connectivity index (χ0n) is 10.0. The van der Waals surface area contributed by atoms with E-state index < -0.39 is 0 Å². The number of Topliss-reactive ketones (excluding diaryl/α,β-unsaturated/α-hetero) is 1. The van der Waals surface area contributed by atoms with Gasteiger partial charge in [0.25, 0.3) is 0 Å². The third kappa shape index (κ3) is 2.99. The van der Waals surface area contributed by atoms with Crippen LogP contribution in [-0.4, -0.2) is 12.0 Å². The zero-order chi connectivity index (χ0) is 13.0. The Kier molecular flexibility index (Phi) is 4.15. The quantitative estimate of drug-likeness (QED) is 0.611. The summed E-state index contributed by atoms with van der Waals surface area (Å²) in [6, 6.07) is 13.7. The predicted octanol–water partition coefficient (Wildman–Crippen LogP) is 3.97. The van der Waals surface area contributed by atoms with E-state index in [1.807, 2.05) is 30.5 Å². The van der Waals surface area contributed by atoms with Crippen molar-refractivity contribution in [1.29, 1.82) is 0 Å². The van der Waals surface area contributed by atoms with Gasteiger partial charge in [-0.25, -0.2) is 4.39 Å². The van der Waals surface area contributed by atoms with Crippen LogP contribution in [-0.2, 0) is 6.42 Å². The van der Waals surface area contributed by atoms with Crippen molar-refractivity contribution in [3.8, 4) is 0 Å². The Morgan fingerprint density at radius 3 is 2.67 bits per heavy atom.